The van der Waals surface area contributed by atoms with Crippen molar-refractivity contribution in [1.82, 2.24) is 0 Å². The van der Waals surface area contributed by atoms with Gasteiger partial charge in [0.25, 0.3) is 0 Å². The fourth-order valence-electron chi connectivity index (χ4n) is 1.40. The van der Waals surface area contributed by atoms with Gasteiger partial charge in [-0.25, -0.2) is 0 Å². The first-order valence-electron chi connectivity index (χ1n) is 4.06. The molecule has 60 valence electrons. The second-order valence-corrected chi connectivity index (χ2v) is 3.70. The van der Waals surface area contributed by atoms with Gasteiger partial charge in [-0.2, -0.15) is 0 Å². The maximum atomic E-state index is 9.53. The summed E-state index contributed by atoms with van der Waals surface area (Å²) in [5.74, 6) is 0.749. The lowest BCUT2D eigenvalue weighted by Crippen LogP contribution is -2.37. The summed E-state index contributed by atoms with van der Waals surface area (Å²) in [5.41, 5.74) is 4.78. The first-order chi connectivity index (χ1) is 4.64. The zero-order chi connectivity index (χ0) is 7.61. The van der Waals surface area contributed by atoms with E-state index in [0.29, 0.717) is 6.54 Å². The SMILES string of the molecule is CC(O)(CN)CC1CCC1. The molecule has 10 heavy (non-hydrogen) atoms. The van der Waals surface area contributed by atoms with Gasteiger partial charge in [0.05, 0.1) is 5.60 Å². The molecule has 0 amide bonds. The van der Waals surface area contributed by atoms with Crippen LogP contribution in [0.4, 0.5) is 0 Å². The Morgan fingerprint density at radius 3 is 2.50 bits per heavy atom. The highest BCUT2D eigenvalue weighted by Crippen LogP contribution is 2.33. The molecule has 1 aliphatic carbocycles. The van der Waals surface area contributed by atoms with Crippen molar-refractivity contribution < 1.29 is 5.11 Å². The Balaban J connectivity index is 2.21. The minimum absolute atomic E-state index is 0.392. The summed E-state index contributed by atoms with van der Waals surface area (Å²) in [6, 6.07) is 0. The van der Waals surface area contributed by atoms with Crippen LogP contribution < -0.4 is 5.73 Å². The predicted molar refractivity (Wildman–Crippen MR) is 41.6 cm³/mol. The van der Waals surface area contributed by atoms with Gasteiger partial charge in [-0.05, 0) is 19.3 Å². The maximum absolute atomic E-state index is 9.53. The van der Waals surface area contributed by atoms with Crippen molar-refractivity contribution in [1.29, 1.82) is 0 Å². The molecule has 0 aromatic carbocycles. The lowest BCUT2D eigenvalue weighted by molar-refractivity contribution is 0.0281. The molecule has 1 saturated carbocycles. The third-order valence-corrected chi connectivity index (χ3v) is 2.39. The Labute approximate surface area is 62.4 Å². The van der Waals surface area contributed by atoms with Crippen molar-refractivity contribution in [3.05, 3.63) is 0 Å². The molecular formula is C8H17NO. The molecule has 0 bridgehead atoms. The highest BCUT2D eigenvalue weighted by molar-refractivity contribution is 4.81. The molecule has 3 N–H and O–H groups in total. The molecular weight excluding hydrogens is 126 g/mol. The van der Waals surface area contributed by atoms with Gasteiger partial charge in [0.1, 0.15) is 0 Å². The van der Waals surface area contributed by atoms with Crippen LogP contribution in [0.25, 0.3) is 0 Å². The molecule has 2 heteroatoms. The van der Waals surface area contributed by atoms with E-state index in [1.165, 1.54) is 19.3 Å². The van der Waals surface area contributed by atoms with Crippen molar-refractivity contribution >= 4 is 0 Å². The summed E-state index contributed by atoms with van der Waals surface area (Å²) < 4.78 is 0. The van der Waals surface area contributed by atoms with Crippen molar-refractivity contribution in [3.63, 3.8) is 0 Å². The molecule has 2 nitrogen and oxygen atoms in total. The standard InChI is InChI=1S/C8H17NO/c1-8(10,6-9)5-7-3-2-4-7/h7,10H,2-6,9H2,1H3. The van der Waals surface area contributed by atoms with E-state index in [9.17, 15) is 5.11 Å². The second kappa shape index (κ2) is 2.89. The van der Waals surface area contributed by atoms with Gasteiger partial charge in [0.2, 0.25) is 0 Å². The van der Waals surface area contributed by atoms with Gasteiger partial charge in [-0.15, -0.1) is 0 Å². The van der Waals surface area contributed by atoms with Crippen molar-refractivity contribution in [2.24, 2.45) is 11.7 Å². The number of aliphatic hydroxyl groups is 1. The predicted octanol–water partition coefficient (Wildman–Crippen LogP) is 0.886. The van der Waals surface area contributed by atoms with Gasteiger partial charge in [-0.3, -0.25) is 0 Å². The fourth-order valence-corrected chi connectivity index (χ4v) is 1.40. The van der Waals surface area contributed by atoms with E-state index >= 15 is 0 Å². The maximum Gasteiger partial charge on any atom is 0.0744 e. The highest BCUT2D eigenvalue weighted by atomic mass is 16.3. The van der Waals surface area contributed by atoms with E-state index in [2.05, 4.69) is 0 Å². The van der Waals surface area contributed by atoms with Crippen LogP contribution in [0.3, 0.4) is 0 Å². The molecule has 1 fully saturated rings. The smallest absolute Gasteiger partial charge is 0.0744 e. The monoisotopic (exact) mass is 143 g/mol. The molecule has 1 aliphatic rings. The van der Waals surface area contributed by atoms with Crippen LogP contribution in [0.1, 0.15) is 32.6 Å². The first-order valence-corrected chi connectivity index (χ1v) is 4.06. The van der Waals surface area contributed by atoms with Crippen LogP contribution in [-0.2, 0) is 0 Å². The van der Waals surface area contributed by atoms with E-state index in [4.69, 9.17) is 5.73 Å². The zero-order valence-corrected chi connectivity index (χ0v) is 6.64. The van der Waals surface area contributed by atoms with Crippen molar-refractivity contribution in [2.75, 3.05) is 6.54 Å². The second-order valence-electron chi connectivity index (χ2n) is 3.70. The van der Waals surface area contributed by atoms with Crippen LogP contribution in [0.2, 0.25) is 0 Å². The average molecular weight is 143 g/mol. The van der Waals surface area contributed by atoms with E-state index in [1.54, 1.807) is 0 Å². The summed E-state index contributed by atoms with van der Waals surface area (Å²) in [5, 5.41) is 9.53. The molecule has 0 heterocycles. The molecule has 0 spiro atoms. The van der Waals surface area contributed by atoms with Gasteiger partial charge in [0.15, 0.2) is 0 Å². The van der Waals surface area contributed by atoms with E-state index in [0.717, 1.165) is 12.3 Å². The van der Waals surface area contributed by atoms with E-state index < -0.39 is 5.60 Å². The topological polar surface area (TPSA) is 46.2 Å². The summed E-state index contributed by atoms with van der Waals surface area (Å²) in [6.45, 7) is 2.22. The van der Waals surface area contributed by atoms with Gasteiger partial charge >= 0.3 is 0 Å². The van der Waals surface area contributed by atoms with Gasteiger partial charge in [0, 0.05) is 6.54 Å². The Morgan fingerprint density at radius 1 is 1.60 bits per heavy atom. The van der Waals surface area contributed by atoms with E-state index in [1.807, 2.05) is 6.92 Å². The fraction of sp³-hybridized carbons (Fsp3) is 1.00. The molecule has 0 aliphatic heterocycles. The first kappa shape index (κ1) is 8.02. The number of hydrogen-bond acceptors (Lipinski definition) is 2. The van der Waals surface area contributed by atoms with Crippen LogP contribution in [0.15, 0.2) is 0 Å². The van der Waals surface area contributed by atoms with E-state index in [-0.39, 0.29) is 0 Å². The van der Waals surface area contributed by atoms with Gasteiger partial charge in [-0.1, -0.05) is 19.3 Å². The normalized spacial score (nSPS) is 25.5. The molecule has 1 atom stereocenters. The zero-order valence-electron chi connectivity index (χ0n) is 6.64. The Hall–Kier alpha value is -0.0800. The van der Waals surface area contributed by atoms with Crippen molar-refractivity contribution in [2.45, 2.75) is 38.2 Å². The van der Waals surface area contributed by atoms with Crippen LogP contribution in [-0.4, -0.2) is 17.3 Å². The van der Waals surface area contributed by atoms with Crippen molar-refractivity contribution in [3.8, 4) is 0 Å². The summed E-state index contributed by atoms with van der Waals surface area (Å²) >= 11 is 0. The van der Waals surface area contributed by atoms with Gasteiger partial charge < -0.3 is 10.8 Å². The Bertz CT molecular complexity index is 108. The lowest BCUT2D eigenvalue weighted by atomic mass is 9.78. The molecule has 0 aromatic rings. The third-order valence-electron chi connectivity index (χ3n) is 2.39. The molecule has 1 unspecified atom stereocenters. The third kappa shape index (κ3) is 1.96. The number of nitrogens with two attached hydrogens (primary N) is 1. The highest BCUT2D eigenvalue weighted by Gasteiger charge is 2.27. The van der Waals surface area contributed by atoms with Crippen LogP contribution >= 0.6 is 0 Å². The average Bonchev–Trinajstić information content (AvgIpc) is 1.80. The number of rotatable bonds is 3. The Kier molecular flexibility index (Phi) is 2.32. The largest absolute Gasteiger partial charge is 0.389 e. The lowest BCUT2D eigenvalue weighted by Gasteiger charge is -2.32. The number of hydrogen-bond donors (Lipinski definition) is 2. The minimum Gasteiger partial charge on any atom is -0.389 e. The molecule has 0 radical (unpaired) electrons. The minimum atomic E-state index is -0.606. The van der Waals surface area contributed by atoms with Crippen LogP contribution in [0.5, 0.6) is 0 Å². The Morgan fingerprint density at radius 2 is 2.20 bits per heavy atom. The van der Waals surface area contributed by atoms with Crippen LogP contribution in [0, 0.1) is 5.92 Å². The summed E-state index contributed by atoms with van der Waals surface area (Å²) in [7, 11) is 0. The summed E-state index contributed by atoms with van der Waals surface area (Å²) in [4.78, 5) is 0. The molecule has 0 aromatic heterocycles. The quantitative estimate of drug-likeness (QED) is 0.616. The molecule has 1 rings (SSSR count). The summed E-state index contributed by atoms with van der Waals surface area (Å²) in [6.07, 6.45) is 4.81. The molecule has 0 saturated heterocycles.